The van der Waals surface area contributed by atoms with E-state index < -0.39 is 0 Å². The van der Waals surface area contributed by atoms with E-state index in [1.807, 2.05) is 6.92 Å². The van der Waals surface area contributed by atoms with Crippen LogP contribution in [0.1, 0.15) is 6.92 Å². The highest BCUT2D eigenvalue weighted by Crippen LogP contribution is 1.94. The molecule has 2 unspecified atom stereocenters. The molecule has 1 nitrogen and oxygen atoms in total. The molecule has 0 aromatic carbocycles. The molecule has 2 atom stereocenters. The maximum atomic E-state index is 4.71. The largest absolute Gasteiger partial charge is 0.378 e. The quantitative estimate of drug-likeness (QED) is 0.436. The third-order valence-electron chi connectivity index (χ3n) is 0.372. The summed E-state index contributed by atoms with van der Waals surface area (Å²) in [6.07, 6.45) is 0. The summed E-state index contributed by atoms with van der Waals surface area (Å²) in [5.41, 5.74) is 0. The number of methoxy groups -OCH3 is 1. The molecule has 0 fully saturated rings. The van der Waals surface area contributed by atoms with Crippen molar-refractivity contribution in [1.82, 2.24) is 0 Å². The first-order valence-electron chi connectivity index (χ1n) is 1.55. The molecule has 0 rings (SSSR count). The van der Waals surface area contributed by atoms with E-state index in [0.717, 1.165) is 0 Å². The van der Waals surface area contributed by atoms with Gasteiger partial charge in [-0.3, -0.25) is 0 Å². The summed E-state index contributed by atoms with van der Waals surface area (Å²) in [4.78, 5) is 0. The zero-order chi connectivity index (χ0) is 4.28. The van der Waals surface area contributed by atoms with Gasteiger partial charge in [-0.1, -0.05) is 0 Å². The van der Waals surface area contributed by atoms with Crippen molar-refractivity contribution in [2.75, 3.05) is 7.11 Å². The highest BCUT2D eigenvalue weighted by molar-refractivity contribution is 7.17. The summed E-state index contributed by atoms with van der Waals surface area (Å²) in [6.45, 7) is 1.96. The van der Waals surface area contributed by atoms with Crippen LogP contribution >= 0.6 is 9.24 Å². The minimum atomic E-state index is 0.301. The molecule has 0 aliphatic heterocycles. The summed E-state index contributed by atoms with van der Waals surface area (Å²) in [5, 5.41) is 0. The average Bonchev–Trinajstić information content (AvgIpc) is 1.38. The molecule has 0 spiro atoms. The number of rotatable bonds is 1. The Kier molecular flexibility index (Phi) is 2.82. The lowest BCUT2D eigenvalue weighted by molar-refractivity contribution is 0.187. The Labute approximate surface area is 34.9 Å². The van der Waals surface area contributed by atoms with Crippen molar-refractivity contribution in [2.24, 2.45) is 0 Å². The number of hydrogen-bond acceptors (Lipinski definition) is 1. The maximum Gasteiger partial charge on any atom is 0.0676 e. The third-order valence-corrected chi connectivity index (χ3v) is 0.644. The summed E-state index contributed by atoms with van der Waals surface area (Å²) >= 11 is 0. The van der Waals surface area contributed by atoms with Gasteiger partial charge in [0.1, 0.15) is 0 Å². The van der Waals surface area contributed by atoms with Crippen molar-refractivity contribution in [1.29, 1.82) is 0 Å². The Morgan fingerprint density at radius 1 is 1.80 bits per heavy atom. The van der Waals surface area contributed by atoms with Gasteiger partial charge in [0.2, 0.25) is 0 Å². The molecule has 0 heterocycles. The van der Waals surface area contributed by atoms with Crippen molar-refractivity contribution < 1.29 is 4.74 Å². The zero-order valence-electron chi connectivity index (χ0n) is 3.56. The van der Waals surface area contributed by atoms with Gasteiger partial charge in [0.25, 0.3) is 0 Å². The lowest BCUT2D eigenvalue weighted by Crippen LogP contribution is -1.88. The van der Waals surface area contributed by atoms with Crippen LogP contribution in [0.4, 0.5) is 0 Å². The van der Waals surface area contributed by atoms with Crippen molar-refractivity contribution >= 4 is 9.24 Å². The molecule has 0 aliphatic carbocycles. The molecule has 5 heavy (non-hydrogen) atoms. The van der Waals surface area contributed by atoms with E-state index in [-0.39, 0.29) is 0 Å². The van der Waals surface area contributed by atoms with Crippen molar-refractivity contribution in [2.45, 2.75) is 12.8 Å². The molecule has 0 saturated carbocycles. The van der Waals surface area contributed by atoms with Crippen LogP contribution in [0.2, 0.25) is 0 Å². The molecule has 0 radical (unpaired) electrons. The van der Waals surface area contributed by atoms with E-state index in [9.17, 15) is 0 Å². The van der Waals surface area contributed by atoms with Crippen LogP contribution in [0, 0.1) is 0 Å². The van der Waals surface area contributed by atoms with Crippen molar-refractivity contribution in [3.63, 3.8) is 0 Å². The van der Waals surface area contributed by atoms with Crippen molar-refractivity contribution in [3.05, 3.63) is 0 Å². The molecule has 0 N–H and O–H groups in total. The van der Waals surface area contributed by atoms with Gasteiger partial charge >= 0.3 is 0 Å². The predicted octanol–water partition coefficient (Wildman–Crippen LogP) is 0.854. The summed E-state index contributed by atoms with van der Waals surface area (Å²) in [7, 11) is 4.19. The van der Waals surface area contributed by atoms with Gasteiger partial charge in [0, 0.05) is 7.11 Å². The summed E-state index contributed by atoms with van der Waals surface area (Å²) in [6, 6.07) is 0. The minimum absolute atomic E-state index is 0.301. The lowest BCUT2D eigenvalue weighted by atomic mass is 10.9. The van der Waals surface area contributed by atoms with Gasteiger partial charge in [-0.15, -0.1) is 9.24 Å². The minimum Gasteiger partial charge on any atom is -0.378 e. The smallest absolute Gasteiger partial charge is 0.0676 e. The highest BCUT2D eigenvalue weighted by atomic mass is 31.0. The second-order valence-corrected chi connectivity index (χ2v) is 1.88. The van der Waals surface area contributed by atoms with Crippen LogP contribution in [0.5, 0.6) is 0 Å². The molecule has 0 bridgehead atoms. The molecule has 0 aromatic heterocycles. The topological polar surface area (TPSA) is 9.23 Å². The Balaban J connectivity index is 2.54. The van der Waals surface area contributed by atoms with Crippen LogP contribution < -0.4 is 0 Å². The first-order valence-corrected chi connectivity index (χ1v) is 2.22. The summed E-state index contributed by atoms with van der Waals surface area (Å²) < 4.78 is 4.71. The molecule has 2 heteroatoms. The van der Waals surface area contributed by atoms with E-state index in [4.69, 9.17) is 4.74 Å². The Hall–Kier alpha value is 0.390. The normalized spacial score (nSPS) is 15.0. The Morgan fingerprint density at radius 2 is 2.00 bits per heavy atom. The molecule has 0 saturated heterocycles. The maximum absolute atomic E-state index is 4.71. The van der Waals surface area contributed by atoms with Crippen LogP contribution in [0.3, 0.4) is 0 Å². The first kappa shape index (κ1) is 5.39. The molecule has 0 amide bonds. The fourth-order valence-corrected chi connectivity index (χ4v) is 0. The Morgan fingerprint density at radius 3 is 2.00 bits per heavy atom. The van der Waals surface area contributed by atoms with Gasteiger partial charge in [0.05, 0.1) is 5.85 Å². The van der Waals surface area contributed by atoms with Gasteiger partial charge in [-0.05, 0) is 6.92 Å². The van der Waals surface area contributed by atoms with Crippen LogP contribution in [0.15, 0.2) is 0 Å². The second-order valence-electron chi connectivity index (χ2n) is 0.941. The standard InChI is InChI=1S/C3H9OP/c1-3(5)4-2/h3H,5H2,1-2H3. The van der Waals surface area contributed by atoms with E-state index in [2.05, 4.69) is 9.24 Å². The zero-order valence-corrected chi connectivity index (χ0v) is 4.72. The molecular weight excluding hydrogens is 83.0 g/mol. The van der Waals surface area contributed by atoms with E-state index in [1.165, 1.54) is 0 Å². The van der Waals surface area contributed by atoms with Gasteiger partial charge in [-0.25, -0.2) is 0 Å². The van der Waals surface area contributed by atoms with Crippen LogP contribution in [-0.2, 0) is 4.74 Å². The SMILES string of the molecule is COC(C)P. The third kappa shape index (κ3) is 4.39. The number of ether oxygens (including phenoxy) is 1. The van der Waals surface area contributed by atoms with Crippen LogP contribution in [-0.4, -0.2) is 13.0 Å². The van der Waals surface area contributed by atoms with Crippen LogP contribution in [0.25, 0.3) is 0 Å². The number of hydrogen-bond donors (Lipinski definition) is 0. The summed E-state index contributed by atoms with van der Waals surface area (Å²) in [5.74, 6) is 0.301. The first-order chi connectivity index (χ1) is 2.27. The van der Waals surface area contributed by atoms with Gasteiger partial charge in [0.15, 0.2) is 0 Å². The van der Waals surface area contributed by atoms with E-state index in [0.29, 0.717) is 5.85 Å². The molecule has 32 valence electrons. The van der Waals surface area contributed by atoms with Gasteiger partial charge in [-0.2, -0.15) is 0 Å². The van der Waals surface area contributed by atoms with E-state index >= 15 is 0 Å². The fraction of sp³-hybridized carbons (Fsp3) is 1.00. The molecule has 0 aromatic rings. The van der Waals surface area contributed by atoms with Gasteiger partial charge < -0.3 is 4.74 Å². The molecular formula is C3H9OP. The van der Waals surface area contributed by atoms with Crippen molar-refractivity contribution in [3.8, 4) is 0 Å². The molecule has 0 aliphatic rings. The van der Waals surface area contributed by atoms with E-state index in [1.54, 1.807) is 7.11 Å². The average molecular weight is 92.1 g/mol. The monoisotopic (exact) mass is 92.0 g/mol. The predicted molar refractivity (Wildman–Crippen MR) is 26.2 cm³/mol. The lowest BCUT2D eigenvalue weighted by Gasteiger charge is -1.94. The highest BCUT2D eigenvalue weighted by Gasteiger charge is 1.78. The fourth-order valence-electron chi connectivity index (χ4n) is 0. The second kappa shape index (κ2) is 2.62. The Bertz CT molecular complexity index is 20.9.